The molecule has 2 aromatic carbocycles. The quantitative estimate of drug-likeness (QED) is 0.692. The van der Waals surface area contributed by atoms with E-state index in [-0.39, 0.29) is 11.7 Å². The number of para-hydroxylation sites is 1. The number of aromatic nitrogens is 2. The number of nitrogens with zero attached hydrogens (tertiary/aromatic N) is 2. The number of halogens is 1. The Morgan fingerprint density at radius 3 is 2.44 bits per heavy atom. The standard InChI is InChI=1S/C19H17FN2O4S/c1-27(24,25)26-14-10-19(11-14,12-6-8-13(20)9-7-12)18-21-16-5-3-2-4-15(16)17(23)22-18/h2-9,14H,10-11H2,1H3,(H,21,22,23)/t14-,19-. The second kappa shape index (κ2) is 6.24. The predicted molar refractivity (Wildman–Crippen MR) is 97.3 cm³/mol. The third-order valence-electron chi connectivity index (χ3n) is 4.87. The van der Waals surface area contributed by atoms with Crippen LogP contribution in [0.4, 0.5) is 4.39 Å². The monoisotopic (exact) mass is 388 g/mol. The van der Waals surface area contributed by atoms with E-state index in [0.717, 1.165) is 11.8 Å². The number of hydrogen-bond donors (Lipinski definition) is 1. The fourth-order valence-electron chi connectivity index (χ4n) is 3.62. The fourth-order valence-corrected chi connectivity index (χ4v) is 4.25. The number of hydrogen-bond acceptors (Lipinski definition) is 6. The molecule has 3 aromatic rings. The summed E-state index contributed by atoms with van der Waals surface area (Å²) in [5.74, 6) is -0.164. The first-order valence-corrected chi connectivity index (χ1v) is 10.2. The highest BCUT2D eigenvalue weighted by Crippen LogP contribution is 2.50. The molecule has 1 aromatic heterocycles. The molecule has 140 valence electrons. The summed E-state index contributed by atoms with van der Waals surface area (Å²) in [6.07, 6.45) is 1.10. The molecule has 0 aliphatic heterocycles. The van der Waals surface area contributed by atoms with Gasteiger partial charge < -0.3 is 5.11 Å². The van der Waals surface area contributed by atoms with E-state index >= 15 is 0 Å². The fraction of sp³-hybridized carbons (Fsp3) is 0.263. The third kappa shape index (κ3) is 3.26. The zero-order valence-electron chi connectivity index (χ0n) is 14.5. The first-order chi connectivity index (χ1) is 12.8. The average molecular weight is 388 g/mol. The van der Waals surface area contributed by atoms with Gasteiger partial charge in [0.05, 0.1) is 28.7 Å². The van der Waals surface area contributed by atoms with Gasteiger partial charge in [-0.3, -0.25) is 4.18 Å². The van der Waals surface area contributed by atoms with Crippen molar-refractivity contribution in [1.82, 2.24) is 9.97 Å². The van der Waals surface area contributed by atoms with E-state index < -0.39 is 21.6 Å². The van der Waals surface area contributed by atoms with Gasteiger partial charge >= 0.3 is 0 Å². The molecule has 0 bridgehead atoms. The molecule has 0 saturated heterocycles. The van der Waals surface area contributed by atoms with Crippen LogP contribution in [0.3, 0.4) is 0 Å². The maximum absolute atomic E-state index is 13.4. The van der Waals surface area contributed by atoms with Crippen molar-refractivity contribution in [2.24, 2.45) is 0 Å². The van der Waals surface area contributed by atoms with E-state index in [1.54, 1.807) is 36.4 Å². The molecule has 27 heavy (non-hydrogen) atoms. The topological polar surface area (TPSA) is 89.4 Å². The van der Waals surface area contributed by atoms with Gasteiger partial charge in [0.2, 0.25) is 5.88 Å². The molecule has 0 unspecified atom stereocenters. The van der Waals surface area contributed by atoms with E-state index in [1.165, 1.54) is 12.1 Å². The van der Waals surface area contributed by atoms with E-state index in [4.69, 9.17) is 4.18 Å². The SMILES string of the molecule is CS(=O)(=O)O[C@H]1C[C@](c2ccc(F)cc2)(c2nc(O)c3ccccc3n2)C1. The molecule has 1 aliphatic carbocycles. The Hall–Kier alpha value is -2.58. The summed E-state index contributed by atoms with van der Waals surface area (Å²) in [5.41, 5.74) is 0.561. The Labute approximate surface area is 155 Å². The third-order valence-corrected chi connectivity index (χ3v) is 5.49. The average Bonchev–Trinajstić information content (AvgIpc) is 2.58. The zero-order chi connectivity index (χ0) is 19.2. The molecule has 1 aliphatic rings. The van der Waals surface area contributed by atoms with Crippen LogP contribution in [0.1, 0.15) is 24.2 Å². The van der Waals surface area contributed by atoms with Crippen molar-refractivity contribution in [3.8, 4) is 5.88 Å². The minimum Gasteiger partial charge on any atom is -0.493 e. The van der Waals surface area contributed by atoms with Crippen LogP contribution in [-0.4, -0.2) is 35.9 Å². The lowest BCUT2D eigenvalue weighted by atomic mass is 9.62. The van der Waals surface area contributed by atoms with Crippen LogP contribution in [0.25, 0.3) is 10.9 Å². The zero-order valence-corrected chi connectivity index (χ0v) is 15.3. The van der Waals surface area contributed by atoms with Gasteiger partial charge in [-0.15, -0.1) is 0 Å². The van der Waals surface area contributed by atoms with Gasteiger partial charge in [-0.05, 0) is 42.7 Å². The Balaban J connectivity index is 1.81. The second-order valence-electron chi connectivity index (χ2n) is 6.81. The number of rotatable bonds is 4. The van der Waals surface area contributed by atoms with Crippen molar-refractivity contribution in [2.45, 2.75) is 24.4 Å². The summed E-state index contributed by atoms with van der Waals surface area (Å²) >= 11 is 0. The molecule has 8 heteroatoms. The Bertz CT molecular complexity index is 1110. The molecule has 1 heterocycles. The molecule has 0 radical (unpaired) electrons. The molecular weight excluding hydrogens is 371 g/mol. The lowest BCUT2D eigenvalue weighted by molar-refractivity contribution is 0.0613. The largest absolute Gasteiger partial charge is 0.493 e. The maximum atomic E-state index is 13.4. The molecule has 0 amide bonds. The van der Waals surface area contributed by atoms with Crippen LogP contribution in [-0.2, 0) is 19.7 Å². The highest BCUT2D eigenvalue weighted by Gasteiger charge is 2.51. The molecule has 4 rings (SSSR count). The summed E-state index contributed by atoms with van der Waals surface area (Å²) in [5, 5.41) is 10.9. The predicted octanol–water partition coefficient (Wildman–Crippen LogP) is 2.90. The lowest BCUT2D eigenvalue weighted by Crippen LogP contribution is -2.48. The molecular formula is C19H17FN2O4S. The van der Waals surface area contributed by atoms with Gasteiger partial charge in [0.1, 0.15) is 11.6 Å². The number of fused-ring (bicyclic) bond motifs is 1. The highest BCUT2D eigenvalue weighted by atomic mass is 32.2. The van der Waals surface area contributed by atoms with Crippen molar-refractivity contribution in [1.29, 1.82) is 0 Å². The van der Waals surface area contributed by atoms with Gasteiger partial charge in [-0.1, -0.05) is 24.3 Å². The Morgan fingerprint density at radius 2 is 1.78 bits per heavy atom. The summed E-state index contributed by atoms with van der Waals surface area (Å²) in [7, 11) is -3.60. The van der Waals surface area contributed by atoms with Crippen LogP contribution < -0.4 is 0 Å². The summed E-state index contributed by atoms with van der Waals surface area (Å²) < 4.78 is 41.4. The molecule has 6 nitrogen and oxygen atoms in total. The second-order valence-corrected chi connectivity index (χ2v) is 8.41. The first-order valence-electron chi connectivity index (χ1n) is 8.37. The Morgan fingerprint density at radius 1 is 1.11 bits per heavy atom. The summed E-state index contributed by atoms with van der Waals surface area (Å²) in [4.78, 5) is 8.86. The smallest absolute Gasteiger partial charge is 0.264 e. The first kappa shape index (κ1) is 17.8. The van der Waals surface area contributed by atoms with Gasteiger partial charge in [-0.25, -0.2) is 9.37 Å². The highest BCUT2D eigenvalue weighted by molar-refractivity contribution is 7.86. The molecule has 1 saturated carbocycles. The summed E-state index contributed by atoms with van der Waals surface area (Å²) in [6.45, 7) is 0. The van der Waals surface area contributed by atoms with Crippen LogP contribution in [0.2, 0.25) is 0 Å². The van der Waals surface area contributed by atoms with Crippen LogP contribution in [0.5, 0.6) is 5.88 Å². The van der Waals surface area contributed by atoms with Crippen LogP contribution in [0, 0.1) is 5.82 Å². The number of benzene rings is 2. The maximum Gasteiger partial charge on any atom is 0.264 e. The molecule has 1 fully saturated rings. The van der Waals surface area contributed by atoms with E-state index in [1.807, 2.05) is 0 Å². The van der Waals surface area contributed by atoms with E-state index in [9.17, 15) is 17.9 Å². The van der Waals surface area contributed by atoms with Gasteiger partial charge in [0, 0.05) is 0 Å². The normalized spacial score (nSPS) is 22.5. The Kier molecular flexibility index (Phi) is 4.12. The van der Waals surface area contributed by atoms with Crippen LogP contribution in [0.15, 0.2) is 48.5 Å². The van der Waals surface area contributed by atoms with Gasteiger partial charge in [0.15, 0.2) is 0 Å². The van der Waals surface area contributed by atoms with Crippen molar-refractivity contribution >= 4 is 21.0 Å². The van der Waals surface area contributed by atoms with Crippen molar-refractivity contribution in [3.63, 3.8) is 0 Å². The minimum absolute atomic E-state index is 0.149. The molecule has 0 spiro atoms. The van der Waals surface area contributed by atoms with Crippen molar-refractivity contribution in [3.05, 3.63) is 65.7 Å². The van der Waals surface area contributed by atoms with Crippen molar-refractivity contribution in [2.75, 3.05) is 6.26 Å². The van der Waals surface area contributed by atoms with Crippen LogP contribution >= 0.6 is 0 Å². The van der Waals surface area contributed by atoms with Crippen molar-refractivity contribution < 1.29 is 22.1 Å². The molecule has 0 atom stereocenters. The van der Waals surface area contributed by atoms with Gasteiger partial charge in [0.25, 0.3) is 10.1 Å². The summed E-state index contributed by atoms with van der Waals surface area (Å²) in [6, 6.07) is 13.0. The molecule has 1 N–H and O–H groups in total. The minimum atomic E-state index is -3.60. The van der Waals surface area contributed by atoms with E-state index in [0.29, 0.717) is 29.6 Å². The lowest BCUT2D eigenvalue weighted by Gasteiger charge is -2.45. The van der Waals surface area contributed by atoms with E-state index in [2.05, 4.69) is 9.97 Å². The number of aromatic hydroxyl groups is 1. The van der Waals surface area contributed by atoms with Gasteiger partial charge in [-0.2, -0.15) is 13.4 Å².